The summed E-state index contributed by atoms with van der Waals surface area (Å²) in [6.07, 6.45) is 1.46. The summed E-state index contributed by atoms with van der Waals surface area (Å²) in [6, 6.07) is 23.9. The van der Waals surface area contributed by atoms with E-state index in [2.05, 4.69) is 22.6 Å². The maximum absolute atomic E-state index is 13.2. The molecule has 1 atom stereocenters. The molecule has 1 saturated heterocycles. The van der Waals surface area contributed by atoms with E-state index in [1.807, 2.05) is 67.6 Å². The highest BCUT2D eigenvalue weighted by Gasteiger charge is 2.45. The van der Waals surface area contributed by atoms with Gasteiger partial charge in [0.05, 0.1) is 18.2 Å². The zero-order valence-corrected chi connectivity index (χ0v) is 21.1. The molecule has 1 N–H and O–H groups in total. The highest BCUT2D eigenvalue weighted by atomic mass is 127. The van der Waals surface area contributed by atoms with Crippen molar-refractivity contribution >= 4 is 40.0 Å². The number of likely N-dealkylation sites (tertiary alicyclic amines) is 1. The first-order chi connectivity index (χ1) is 16.5. The number of hydrogen-bond donors (Lipinski definition) is 1. The van der Waals surface area contributed by atoms with Gasteiger partial charge in [-0.2, -0.15) is 0 Å². The van der Waals surface area contributed by atoms with Crippen molar-refractivity contribution < 1.29 is 19.4 Å². The Bertz CT molecular complexity index is 1200. The van der Waals surface area contributed by atoms with Gasteiger partial charge in [-0.05, 0) is 70.8 Å². The molecule has 3 aromatic rings. The van der Waals surface area contributed by atoms with Crippen LogP contribution in [0.3, 0.4) is 0 Å². The van der Waals surface area contributed by atoms with Crippen molar-refractivity contribution in [2.24, 2.45) is 0 Å². The molecule has 34 heavy (non-hydrogen) atoms. The fourth-order valence-electron chi connectivity index (χ4n) is 4.11. The Hall–Kier alpha value is -3.13. The van der Waals surface area contributed by atoms with Gasteiger partial charge in [0.15, 0.2) is 0 Å². The van der Waals surface area contributed by atoms with Gasteiger partial charge in [0, 0.05) is 15.7 Å². The molecule has 1 aliphatic rings. The van der Waals surface area contributed by atoms with Crippen LogP contribution < -0.4 is 4.74 Å². The van der Waals surface area contributed by atoms with E-state index >= 15 is 0 Å². The number of amides is 1. The van der Waals surface area contributed by atoms with Gasteiger partial charge in [-0.1, -0.05) is 61.5 Å². The van der Waals surface area contributed by atoms with Crippen LogP contribution in [0.1, 0.15) is 36.1 Å². The standard InChI is InChI=1S/C28H26INO4/c1-2-17-34-23-10-6-9-21(18-23)26(31)24-25(20-11-13-22(29)14-12-20)30(28(33)27(24)32)16-15-19-7-4-3-5-8-19/h3-14,18,25,31H,2,15-17H2,1H3/b26-24+. The van der Waals surface area contributed by atoms with Gasteiger partial charge in [-0.15, -0.1) is 0 Å². The predicted octanol–water partition coefficient (Wildman–Crippen LogP) is 5.74. The molecule has 3 aromatic carbocycles. The number of aliphatic hydroxyl groups is 1. The lowest BCUT2D eigenvalue weighted by molar-refractivity contribution is -0.139. The summed E-state index contributed by atoms with van der Waals surface area (Å²) in [6.45, 7) is 2.93. The quantitative estimate of drug-likeness (QED) is 0.163. The number of ether oxygens (including phenoxy) is 1. The first kappa shape index (κ1) is 24.0. The molecule has 1 heterocycles. The highest BCUT2D eigenvalue weighted by molar-refractivity contribution is 14.1. The molecule has 1 aliphatic heterocycles. The Balaban J connectivity index is 1.75. The Morgan fingerprint density at radius 1 is 1.00 bits per heavy atom. The Kier molecular flexibility index (Phi) is 7.67. The summed E-state index contributed by atoms with van der Waals surface area (Å²) in [5, 5.41) is 11.3. The number of rotatable bonds is 8. The number of carbonyl (C=O) groups is 2. The molecule has 4 rings (SSSR count). The normalized spacial score (nSPS) is 17.2. The lowest BCUT2D eigenvalue weighted by Gasteiger charge is -2.25. The number of hydrogen-bond acceptors (Lipinski definition) is 4. The average molecular weight is 567 g/mol. The SMILES string of the molecule is CCCOc1cccc(/C(O)=C2\C(=O)C(=O)N(CCc3ccccc3)C2c2ccc(I)cc2)c1. The van der Waals surface area contributed by atoms with Crippen LogP contribution in [-0.4, -0.2) is 34.8 Å². The van der Waals surface area contributed by atoms with Crippen molar-refractivity contribution in [1.82, 2.24) is 4.90 Å². The molecule has 1 fully saturated rings. The van der Waals surface area contributed by atoms with Gasteiger partial charge in [0.25, 0.3) is 11.7 Å². The van der Waals surface area contributed by atoms with E-state index < -0.39 is 17.7 Å². The first-order valence-corrected chi connectivity index (χ1v) is 12.4. The third-order valence-corrected chi connectivity index (χ3v) is 6.51. The molecule has 0 radical (unpaired) electrons. The van der Waals surface area contributed by atoms with Crippen LogP contribution in [0.15, 0.2) is 84.4 Å². The van der Waals surface area contributed by atoms with Crippen LogP contribution in [0.5, 0.6) is 5.75 Å². The summed E-state index contributed by atoms with van der Waals surface area (Å²) in [5.74, 6) is -0.852. The summed E-state index contributed by atoms with van der Waals surface area (Å²) < 4.78 is 6.74. The van der Waals surface area contributed by atoms with E-state index in [4.69, 9.17) is 4.74 Å². The fraction of sp³-hybridized carbons (Fsp3) is 0.214. The smallest absolute Gasteiger partial charge is 0.295 e. The third kappa shape index (κ3) is 5.17. The van der Waals surface area contributed by atoms with E-state index in [1.165, 1.54) is 0 Å². The van der Waals surface area contributed by atoms with Crippen molar-refractivity contribution in [1.29, 1.82) is 0 Å². The molecule has 174 valence electrons. The van der Waals surface area contributed by atoms with Crippen LogP contribution in [0.25, 0.3) is 5.76 Å². The molecule has 0 aromatic heterocycles. The van der Waals surface area contributed by atoms with Gasteiger partial charge in [0.2, 0.25) is 0 Å². The number of nitrogens with zero attached hydrogens (tertiary/aromatic N) is 1. The van der Waals surface area contributed by atoms with E-state index in [1.54, 1.807) is 23.1 Å². The topological polar surface area (TPSA) is 66.8 Å². The zero-order valence-electron chi connectivity index (χ0n) is 18.9. The van der Waals surface area contributed by atoms with Gasteiger partial charge >= 0.3 is 0 Å². The molecule has 0 spiro atoms. The van der Waals surface area contributed by atoms with Crippen LogP contribution in [-0.2, 0) is 16.0 Å². The minimum absolute atomic E-state index is 0.104. The Labute approximate surface area is 213 Å². The lowest BCUT2D eigenvalue weighted by Crippen LogP contribution is -2.31. The predicted molar refractivity (Wildman–Crippen MR) is 141 cm³/mol. The molecular formula is C28H26INO4. The molecule has 5 nitrogen and oxygen atoms in total. The number of aliphatic hydroxyl groups excluding tert-OH is 1. The van der Waals surface area contributed by atoms with Crippen molar-refractivity contribution in [2.75, 3.05) is 13.2 Å². The van der Waals surface area contributed by atoms with Gasteiger partial charge in [0.1, 0.15) is 11.5 Å². The van der Waals surface area contributed by atoms with Crippen molar-refractivity contribution in [2.45, 2.75) is 25.8 Å². The van der Waals surface area contributed by atoms with Gasteiger partial charge in [-0.3, -0.25) is 9.59 Å². The maximum atomic E-state index is 13.2. The minimum atomic E-state index is -0.672. The van der Waals surface area contributed by atoms with Crippen molar-refractivity contribution in [3.8, 4) is 5.75 Å². The van der Waals surface area contributed by atoms with Crippen molar-refractivity contribution in [3.63, 3.8) is 0 Å². The highest BCUT2D eigenvalue weighted by Crippen LogP contribution is 2.40. The molecule has 1 amide bonds. The first-order valence-electron chi connectivity index (χ1n) is 11.3. The monoisotopic (exact) mass is 567 g/mol. The Morgan fingerprint density at radius 3 is 2.44 bits per heavy atom. The van der Waals surface area contributed by atoms with Crippen LogP contribution >= 0.6 is 22.6 Å². The molecule has 0 aliphatic carbocycles. The van der Waals surface area contributed by atoms with Crippen LogP contribution in [0, 0.1) is 3.57 Å². The maximum Gasteiger partial charge on any atom is 0.295 e. The van der Waals surface area contributed by atoms with E-state index in [0.29, 0.717) is 30.9 Å². The van der Waals surface area contributed by atoms with Gasteiger partial charge < -0.3 is 14.7 Å². The third-order valence-electron chi connectivity index (χ3n) is 5.79. The minimum Gasteiger partial charge on any atom is -0.507 e. The molecular weight excluding hydrogens is 541 g/mol. The van der Waals surface area contributed by atoms with E-state index in [-0.39, 0.29) is 11.3 Å². The largest absolute Gasteiger partial charge is 0.507 e. The summed E-state index contributed by atoms with van der Waals surface area (Å²) in [7, 11) is 0. The zero-order chi connectivity index (χ0) is 24.1. The van der Waals surface area contributed by atoms with Gasteiger partial charge in [-0.25, -0.2) is 0 Å². The van der Waals surface area contributed by atoms with E-state index in [9.17, 15) is 14.7 Å². The molecule has 6 heteroatoms. The van der Waals surface area contributed by atoms with Crippen LogP contribution in [0.4, 0.5) is 0 Å². The van der Waals surface area contributed by atoms with E-state index in [0.717, 1.165) is 21.1 Å². The fourth-order valence-corrected chi connectivity index (χ4v) is 4.46. The second kappa shape index (κ2) is 10.9. The molecule has 0 saturated carbocycles. The number of Topliss-reactive ketones (excluding diaryl/α,β-unsaturated/α-hetero) is 1. The molecule has 0 bridgehead atoms. The average Bonchev–Trinajstić information content (AvgIpc) is 3.12. The number of benzene rings is 3. The second-order valence-electron chi connectivity index (χ2n) is 8.16. The Morgan fingerprint density at radius 2 is 1.74 bits per heavy atom. The number of halogens is 1. The summed E-state index contributed by atoms with van der Waals surface area (Å²) >= 11 is 2.22. The number of ketones is 1. The lowest BCUT2D eigenvalue weighted by atomic mass is 9.95. The van der Waals surface area contributed by atoms with Crippen molar-refractivity contribution in [3.05, 3.63) is 105 Å². The molecule has 1 unspecified atom stereocenters. The summed E-state index contributed by atoms with van der Waals surface area (Å²) in [4.78, 5) is 27.9. The second-order valence-corrected chi connectivity index (χ2v) is 9.40. The summed E-state index contributed by atoms with van der Waals surface area (Å²) in [5.41, 5.74) is 2.41. The van der Waals surface area contributed by atoms with Crippen LogP contribution in [0.2, 0.25) is 0 Å². The number of carbonyl (C=O) groups excluding carboxylic acids is 2.